The molecule has 0 spiro atoms. The molecule has 0 radical (unpaired) electrons. The van der Waals surface area contributed by atoms with Crippen molar-refractivity contribution in [2.75, 3.05) is 7.11 Å². The predicted molar refractivity (Wildman–Crippen MR) is 69.4 cm³/mol. The Morgan fingerprint density at radius 2 is 2.06 bits per heavy atom. The maximum absolute atomic E-state index is 11.3. The fourth-order valence-electron chi connectivity index (χ4n) is 1.89. The lowest BCUT2D eigenvalue weighted by molar-refractivity contribution is 0.0999. The van der Waals surface area contributed by atoms with Crippen LogP contribution < -0.4 is 10.5 Å². The second-order valence-corrected chi connectivity index (χ2v) is 4.20. The molecule has 3 heteroatoms. The second-order valence-electron chi connectivity index (χ2n) is 4.20. The van der Waals surface area contributed by atoms with Crippen LogP contribution >= 0.6 is 0 Å². The van der Waals surface area contributed by atoms with Crippen molar-refractivity contribution in [3.8, 4) is 5.75 Å². The van der Waals surface area contributed by atoms with Crippen molar-refractivity contribution in [2.24, 2.45) is 5.73 Å². The van der Waals surface area contributed by atoms with Gasteiger partial charge in [-0.2, -0.15) is 0 Å². The minimum atomic E-state index is -0.363. The molecule has 0 saturated heterocycles. The molecule has 0 saturated carbocycles. The smallest absolute Gasteiger partial charge is 0.248 e. The highest BCUT2D eigenvalue weighted by Crippen LogP contribution is 2.19. The summed E-state index contributed by atoms with van der Waals surface area (Å²) in [6.07, 6.45) is 5.60. The van der Waals surface area contributed by atoms with Crippen LogP contribution in [0.4, 0.5) is 0 Å². The topological polar surface area (TPSA) is 52.3 Å². The standard InChI is InChI=1S/C14H21NO2/c1-3-4-5-6-7-11-10-12(17-2)8-9-13(11)14(15)16/h8-10H,3-7H2,1-2H3,(H2,15,16). The van der Waals surface area contributed by atoms with Gasteiger partial charge >= 0.3 is 0 Å². The fourth-order valence-corrected chi connectivity index (χ4v) is 1.89. The summed E-state index contributed by atoms with van der Waals surface area (Å²) >= 11 is 0. The molecule has 0 aliphatic heterocycles. The summed E-state index contributed by atoms with van der Waals surface area (Å²) in [7, 11) is 1.63. The molecule has 0 atom stereocenters. The van der Waals surface area contributed by atoms with E-state index in [1.54, 1.807) is 19.2 Å². The third-order valence-electron chi connectivity index (χ3n) is 2.88. The highest BCUT2D eigenvalue weighted by Gasteiger charge is 2.08. The van der Waals surface area contributed by atoms with Gasteiger partial charge in [-0.05, 0) is 36.6 Å². The van der Waals surface area contributed by atoms with E-state index in [1.165, 1.54) is 19.3 Å². The summed E-state index contributed by atoms with van der Waals surface area (Å²) < 4.78 is 5.16. The highest BCUT2D eigenvalue weighted by atomic mass is 16.5. The number of benzene rings is 1. The number of aryl methyl sites for hydroxylation is 1. The summed E-state index contributed by atoms with van der Waals surface area (Å²) in [6, 6.07) is 5.43. The molecular formula is C14H21NO2. The first-order valence-electron chi connectivity index (χ1n) is 6.15. The minimum absolute atomic E-state index is 0.363. The summed E-state index contributed by atoms with van der Waals surface area (Å²) in [4.78, 5) is 11.3. The number of hydrogen-bond donors (Lipinski definition) is 1. The molecule has 1 aromatic carbocycles. The Labute approximate surface area is 103 Å². The average molecular weight is 235 g/mol. The molecule has 3 nitrogen and oxygen atoms in total. The zero-order valence-electron chi connectivity index (χ0n) is 10.7. The van der Waals surface area contributed by atoms with Crippen LogP contribution in [0.1, 0.15) is 48.5 Å². The van der Waals surface area contributed by atoms with E-state index in [1.807, 2.05) is 6.07 Å². The molecule has 0 aliphatic carbocycles. The predicted octanol–water partition coefficient (Wildman–Crippen LogP) is 2.92. The Morgan fingerprint density at radius 1 is 1.29 bits per heavy atom. The van der Waals surface area contributed by atoms with Gasteiger partial charge in [0, 0.05) is 5.56 Å². The van der Waals surface area contributed by atoms with Crippen LogP contribution in [0.2, 0.25) is 0 Å². The Morgan fingerprint density at radius 3 is 2.65 bits per heavy atom. The first-order valence-corrected chi connectivity index (χ1v) is 6.15. The normalized spacial score (nSPS) is 10.2. The van der Waals surface area contributed by atoms with E-state index in [-0.39, 0.29) is 5.91 Å². The number of carbonyl (C=O) groups excluding carboxylic acids is 1. The molecule has 17 heavy (non-hydrogen) atoms. The van der Waals surface area contributed by atoms with Gasteiger partial charge in [0.15, 0.2) is 0 Å². The van der Waals surface area contributed by atoms with Gasteiger partial charge in [-0.15, -0.1) is 0 Å². The molecule has 0 aromatic heterocycles. The maximum Gasteiger partial charge on any atom is 0.248 e. The van der Waals surface area contributed by atoms with Gasteiger partial charge < -0.3 is 10.5 Å². The van der Waals surface area contributed by atoms with Crippen LogP contribution in [-0.2, 0) is 6.42 Å². The lowest BCUT2D eigenvalue weighted by atomic mass is 10.00. The summed E-state index contributed by atoms with van der Waals surface area (Å²) in [5.74, 6) is 0.415. The van der Waals surface area contributed by atoms with E-state index in [4.69, 9.17) is 10.5 Å². The number of unbranched alkanes of at least 4 members (excludes halogenated alkanes) is 3. The monoisotopic (exact) mass is 235 g/mol. The van der Waals surface area contributed by atoms with Gasteiger partial charge in [0.25, 0.3) is 0 Å². The number of nitrogens with two attached hydrogens (primary N) is 1. The lowest BCUT2D eigenvalue weighted by Crippen LogP contribution is -2.13. The van der Waals surface area contributed by atoms with Crippen LogP contribution in [0, 0.1) is 0 Å². The van der Waals surface area contributed by atoms with Gasteiger partial charge in [-0.25, -0.2) is 0 Å². The van der Waals surface area contributed by atoms with Gasteiger partial charge in [-0.3, -0.25) is 4.79 Å². The summed E-state index contributed by atoms with van der Waals surface area (Å²) in [5, 5.41) is 0. The SMILES string of the molecule is CCCCCCc1cc(OC)ccc1C(N)=O. The Hall–Kier alpha value is -1.51. The molecule has 0 fully saturated rings. The van der Waals surface area contributed by atoms with Crippen molar-refractivity contribution in [1.29, 1.82) is 0 Å². The second kappa shape index (κ2) is 6.94. The number of carbonyl (C=O) groups is 1. The van der Waals surface area contributed by atoms with Gasteiger partial charge in [0.1, 0.15) is 5.75 Å². The molecule has 0 aliphatic rings. The maximum atomic E-state index is 11.3. The van der Waals surface area contributed by atoms with Crippen molar-refractivity contribution >= 4 is 5.91 Å². The van der Waals surface area contributed by atoms with E-state index in [0.29, 0.717) is 5.56 Å². The van der Waals surface area contributed by atoms with Crippen molar-refractivity contribution in [3.63, 3.8) is 0 Å². The molecule has 94 valence electrons. The Bertz CT molecular complexity index is 374. The minimum Gasteiger partial charge on any atom is -0.497 e. The van der Waals surface area contributed by atoms with Gasteiger partial charge in [0.2, 0.25) is 5.91 Å². The molecule has 1 rings (SSSR count). The van der Waals surface area contributed by atoms with Crippen molar-refractivity contribution in [3.05, 3.63) is 29.3 Å². The molecular weight excluding hydrogens is 214 g/mol. The first kappa shape index (κ1) is 13.6. The zero-order valence-corrected chi connectivity index (χ0v) is 10.7. The summed E-state index contributed by atoms with van der Waals surface area (Å²) in [6.45, 7) is 2.18. The average Bonchev–Trinajstić information content (AvgIpc) is 2.34. The van der Waals surface area contributed by atoms with Gasteiger partial charge in [-0.1, -0.05) is 26.2 Å². The third kappa shape index (κ3) is 4.10. The Kier molecular flexibility index (Phi) is 5.53. The molecule has 0 bridgehead atoms. The molecule has 1 amide bonds. The van der Waals surface area contributed by atoms with Crippen molar-refractivity contribution in [2.45, 2.75) is 39.0 Å². The summed E-state index contributed by atoms with van der Waals surface area (Å²) in [5.41, 5.74) is 6.96. The number of amides is 1. The number of hydrogen-bond acceptors (Lipinski definition) is 2. The quantitative estimate of drug-likeness (QED) is 0.739. The van der Waals surface area contributed by atoms with E-state index >= 15 is 0 Å². The van der Waals surface area contributed by atoms with E-state index in [9.17, 15) is 4.79 Å². The number of methoxy groups -OCH3 is 1. The fraction of sp³-hybridized carbons (Fsp3) is 0.500. The number of rotatable bonds is 7. The number of ether oxygens (including phenoxy) is 1. The molecule has 2 N–H and O–H groups in total. The molecule has 0 heterocycles. The largest absolute Gasteiger partial charge is 0.497 e. The van der Waals surface area contributed by atoms with E-state index < -0.39 is 0 Å². The van der Waals surface area contributed by atoms with Crippen LogP contribution in [0.3, 0.4) is 0 Å². The first-order chi connectivity index (χ1) is 8.19. The zero-order chi connectivity index (χ0) is 12.7. The van der Waals surface area contributed by atoms with Crippen LogP contribution in [0.15, 0.2) is 18.2 Å². The van der Waals surface area contributed by atoms with Crippen molar-refractivity contribution in [1.82, 2.24) is 0 Å². The van der Waals surface area contributed by atoms with Crippen LogP contribution in [0.25, 0.3) is 0 Å². The van der Waals surface area contributed by atoms with Gasteiger partial charge in [0.05, 0.1) is 7.11 Å². The molecule has 0 unspecified atom stereocenters. The van der Waals surface area contributed by atoms with Crippen molar-refractivity contribution < 1.29 is 9.53 Å². The van der Waals surface area contributed by atoms with E-state index in [2.05, 4.69) is 6.92 Å². The van der Waals surface area contributed by atoms with E-state index in [0.717, 1.165) is 24.2 Å². The lowest BCUT2D eigenvalue weighted by Gasteiger charge is -2.09. The molecule has 1 aromatic rings. The van der Waals surface area contributed by atoms with Crippen LogP contribution in [0.5, 0.6) is 5.75 Å². The Balaban J connectivity index is 2.75. The van der Waals surface area contributed by atoms with Crippen LogP contribution in [-0.4, -0.2) is 13.0 Å². The third-order valence-corrected chi connectivity index (χ3v) is 2.88. The number of primary amides is 1. The highest BCUT2D eigenvalue weighted by molar-refractivity contribution is 5.94.